The maximum absolute atomic E-state index is 5.64. The highest BCUT2D eigenvalue weighted by Gasteiger charge is 2.26. The van der Waals surface area contributed by atoms with Crippen LogP contribution in [0.2, 0.25) is 0 Å². The van der Waals surface area contributed by atoms with Crippen LogP contribution in [0.3, 0.4) is 0 Å². The van der Waals surface area contributed by atoms with Gasteiger partial charge in [-0.2, -0.15) is 0 Å². The van der Waals surface area contributed by atoms with Crippen LogP contribution in [0.25, 0.3) is 0 Å². The van der Waals surface area contributed by atoms with Crippen molar-refractivity contribution < 1.29 is 9.47 Å². The lowest BCUT2D eigenvalue weighted by Gasteiger charge is -2.34. The van der Waals surface area contributed by atoms with Crippen molar-refractivity contribution in [1.29, 1.82) is 0 Å². The third-order valence-corrected chi connectivity index (χ3v) is 4.59. The first-order valence-corrected chi connectivity index (χ1v) is 7.80. The molecule has 0 saturated carbocycles. The van der Waals surface area contributed by atoms with Crippen molar-refractivity contribution in [2.75, 3.05) is 13.7 Å². The summed E-state index contributed by atoms with van der Waals surface area (Å²) in [4.78, 5) is 0. The van der Waals surface area contributed by atoms with Gasteiger partial charge in [0.15, 0.2) is 0 Å². The van der Waals surface area contributed by atoms with Crippen LogP contribution in [0, 0.1) is 0 Å². The zero-order chi connectivity index (χ0) is 13.9. The van der Waals surface area contributed by atoms with E-state index in [1.54, 1.807) is 7.11 Å². The van der Waals surface area contributed by atoms with Gasteiger partial charge in [-0.25, -0.2) is 0 Å². The first-order chi connectivity index (χ1) is 9.76. The van der Waals surface area contributed by atoms with E-state index >= 15 is 0 Å². The monoisotopic (exact) mass is 275 g/mol. The van der Waals surface area contributed by atoms with Crippen molar-refractivity contribution in [3.63, 3.8) is 0 Å². The molecule has 1 fully saturated rings. The minimum absolute atomic E-state index is 0.384. The summed E-state index contributed by atoms with van der Waals surface area (Å²) in [6, 6.07) is 7.59. The van der Waals surface area contributed by atoms with Gasteiger partial charge >= 0.3 is 0 Å². The SMILES string of the molecule is COc1ccc2c(c1)C(NC1CCOC(C)C1)CCC2. The average Bonchev–Trinajstić information content (AvgIpc) is 2.47. The van der Waals surface area contributed by atoms with Gasteiger partial charge in [-0.3, -0.25) is 0 Å². The Morgan fingerprint density at radius 1 is 1.30 bits per heavy atom. The van der Waals surface area contributed by atoms with Gasteiger partial charge in [-0.1, -0.05) is 6.07 Å². The lowest BCUT2D eigenvalue weighted by molar-refractivity contribution is 0.0108. The maximum Gasteiger partial charge on any atom is 0.119 e. The van der Waals surface area contributed by atoms with Crippen molar-refractivity contribution in [3.05, 3.63) is 29.3 Å². The molecule has 1 N–H and O–H groups in total. The highest BCUT2D eigenvalue weighted by molar-refractivity contribution is 5.39. The van der Waals surface area contributed by atoms with E-state index in [-0.39, 0.29) is 0 Å². The Balaban J connectivity index is 1.75. The average molecular weight is 275 g/mol. The molecule has 0 radical (unpaired) electrons. The third kappa shape index (κ3) is 2.99. The summed E-state index contributed by atoms with van der Waals surface area (Å²) in [6.45, 7) is 3.06. The second-order valence-corrected chi connectivity index (χ2v) is 6.08. The standard InChI is InChI=1S/C17H25NO2/c1-12-10-14(8-9-20-12)18-17-5-3-4-13-6-7-15(19-2)11-16(13)17/h6-7,11-12,14,17-18H,3-5,8-10H2,1-2H3. The highest BCUT2D eigenvalue weighted by atomic mass is 16.5. The van der Waals surface area contributed by atoms with E-state index in [1.165, 1.54) is 30.4 Å². The summed E-state index contributed by atoms with van der Waals surface area (Å²) in [5.41, 5.74) is 2.92. The van der Waals surface area contributed by atoms with Crippen LogP contribution >= 0.6 is 0 Å². The van der Waals surface area contributed by atoms with E-state index in [4.69, 9.17) is 9.47 Å². The molecule has 0 aromatic heterocycles. The van der Waals surface area contributed by atoms with Gasteiger partial charge in [0.2, 0.25) is 0 Å². The first-order valence-electron chi connectivity index (χ1n) is 7.80. The number of fused-ring (bicyclic) bond motifs is 1. The van der Waals surface area contributed by atoms with Crippen molar-refractivity contribution in [1.82, 2.24) is 5.32 Å². The van der Waals surface area contributed by atoms with E-state index in [1.807, 2.05) is 0 Å². The van der Waals surface area contributed by atoms with E-state index in [9.17, 15) is 0 Å². The molecular formula is C17H25NO2. The second kappa shape index (κ2) is 6.15. The molecule has 0 spiro atoms. The van der Waals surface area contributed by atoms with Gasteiger partial charge in [0.05, 0.1) is 13.2 Å². The topological polar surface area (TPSA) is 30.5 Å². The van der Waals surface area contributed by atoms with E-state index < -0.39 is 0 Å². The first kappa shape index (κ1) is 13.9. The number of nitrogens with one attached hydrogen (secondary N) is 1. The van der Waals surface area contributed by atoms with Crippen molar-refractivity contribution in [2.24, 2.45) is 0 Å². The Labute approximate surface area is 121 Å². The van der Waals surface area contributed by atoms with Crippen LogP contribution in [-0.2, 0) is 11.2 Å². The molecule has 2 aliphatic rings. The molecule has 1 aromatic rings. The van der Waals surface area contributed by atoms with Gasteiger partial charge in [-0.15, -0.1) is 0 Å². The summed E-state index contributed by atoms with van der Waals surface area (Å²) in [6.07, 6.45) is 6.33. The minimum atomic E-state index is 0.384. The van der Waals surface area contributed by atoms with Crippen LogP contribution in [0.5, 0.6) is 5.75 Å². The predicted octanol–water partition coefficient (Wildman–Crippen LogP) is 3.23. The molecule has 3 rings (SSSR count). The Hall–Kier alpha value is -1.06. The van der Waals surface area contributed by atoms with Gasteiger partial charge in [0, 0.05) is 18.7 Å². The fourth-order valence-electron chi connectivity index (χ4n) is 3.51. The third-order valence-electron chi connectivity index (χ3n) is 4.59. The molecule has 3 nitrogen and oxygen atoms in total. The Morgan fingerprint density at radius 2 is 2.20 bits per heavy atom. The van der Waals surface area contributed by atoms with Crippen LogP contribution in [-0.4, -0.2) is 25.9 Å². The lowest BCUT2D eigenvalue weighted by atomic mass is 9.86. The summed E-state index contributed by atoms with van der Waals surface area (Å²) >= 11 is 0. The van der Waals surface area contributed by atoms with E-state index in [0.29, 0.717) is 18.2 Å². The molecule has 1 aliphatic carbocycles. The predicted molar refractivity (Wildman–Crippen MR) is 80.2 cm³/mol. The molecule has 20 heavy (non-hydrogen) atoms. The molecular weight excluding hydrogens is 250 g/mol. The molecule has 0 bridgehead atoms. The number of hydrogen-bond acceptors (Lipinski definition) is 3. The summed E-state index contributed by atoms with van der Waals surface area (Å²) < 4.78 is 11.0. The Kier molecular flexibility index (Phi) is 4.27. The molecule has 3 unspecified atom stereocenters. The zero-order valence-electron chi connectivity index (χ0n) is 12.5. The van der Waals surface area contributed by atoms with E-state index in [0.717, 1.165) is 25.2 Å². The number of benzene rings is 1. The molecule has 0 amide bonds. The minimum Gasteiger partial charge on any atom is -0.497 e. The van der Waals surface area contributed by atoms with Gasteiger partial charge in [-0.05, 0) is 62.3 Å². The number of rotatable bonds is 3. The molecule has 1 saturated heterocycles. The van der Waals surface area contributed by atoms with Gasteiger partial charge in [0.1, 0.15) is 5.75 Å². The number of methoxy groups -OCH3 is 1. The van der Waals surface area contributed by atoms with Crippen LogP contribution in [0.4, 0.5) is 0 Å². The Bertz CT molecular complexity index is 460. The largest absolute Gasteiger partial charge is 0.497 e. The molecule has 110 valence electrons. The smallest absolute Gasteiger partial charge is 0.119 e. The van der Waals surface area contributed by atoms with Crippen LogP contribution < -0.4 is 10.1 Å². The summed E-state index contributed by atoms with van der Waals surface area (Å²) in [7, 11) is 1.74. The van der Waals surface area contributed by atoms with E-state index in [2.05, 4.69) is 30.4 Å². The number of hydrogen-bond donors (Lipinski definition) is 1. The number of ether oxygens (including phenoxy) is 2. The van der Waals surface area contributed by atoms with Crippen molar-refractivity contribution in [2.45, 2.75) is 57.2 Å². The van der Waals surface area contributed by atoms with Gasteiger partial charge in [0.25, 0.3) is 0 Å². The summed E-state index contributed by atoms with van der Waals surface area (Å²) in [5.74, 6) is 0.970. The fourth-order valence-corrected chi connectivity index (χ4v) is 3.51. The normalized spacial score (nSPS) is 29.8. The lowest BCUT2D eigenvalue weighted by Crippen LogP contribution is -2.40. The molecule has 1 aliphatic heterocycles. The molecule has 1 aromatic carbocycles. The molecule has 3 heteroatoms. The molecule has 1 heterocycles. The van der Waals surface area contributed by atoms with Crippen molar-refractivity contribution >= 4 is 0 Å². The quantitative estimate of drug-likeness (QED) is 0.918. The molecule has 3 atom stereocenters. The fraction of sp³-hybridized carbons (Fsp3) is 0.647. The zero-order valence-corrected chi connectivity index (χ0v) is 12.5. The number of aryl methyl sites for hydroxylation is 1. The maximum atomic E-state index is 5.64. The second-order valence-electron chi connectivity index (χ2n) is 6.08. The van der Waals surface area contributed by atoms with Crippen LogP contribution in [0.15, 0.2) is 18.2 Å². The van der Waals surface area contributed by atoms with Crippen molar-refractivity contribution in [3.8, 4) is 5.75 Å². The van der Waals surface area contributed by atoms with Crippen LogP contribution in [0.1, 0.15) is 49.8 Å². The highest BCUT2D eigenvalue weighted by Crippen LogP contribution is 2.33. The summed E-state index contributed by atoms with van der Waals surface area (Å²) in [5, 5.41) is 3.86. The van der Waals surface area contributed by atoms with Gasteiger partial charge < -0.3 is 14.8 Å². The Morgan fingerprint density at radius 3 is 3.00 bits per heavy atom.